The highest BCUT2D eigenvalue weighted by Gasteiger charge is 2.34. The number of rotatable bonds is 11. The molecule has 202 valence electrons. The lowest BCUT2D eigenvalue weighted by Crippen LogP contribution is -2.47. The summed E-state index contributed by atoms with van der Waals surface area (Å²) in [6, 6.07) is 6.33. The highest BCUT2D eigenvalue weighted by Crippen LogP contribution is 2.41. The molecule has 1 aliphatic rings. The first kappa shape index (κ1) is 27.0. The van der Waals surface area contributed by atoms with Gasteiger partial charge in [-0.2, -0.15) is 0 Å². The lowest BCUT2D eigenvalue weighted by molar-refractivity contribution is -0.119. The summed E-state index contributed by atoms with van der Waals surface area (Å²) in [7, 11) is 0. The minimum absolute atomic E-state index is 0.0478. The van der Waals surface area contributed by atoms with Gasteiger partial charge in [-0.15, -0.1) is 5.10 Å². The van der Waals surface area contributed by atoms with Gasteiger partial charge in [0.25, 0.3) is 0 Å². The average molecular weight is 529 g/mol. The molecule has 7 N–H and O–H groups in total. The number of fused-ring (bicyclic) bond motifs is 1. The van der Waals surface area contributed by atoms with E-state index in [1.165, 1.54) is 10.7 Å². The summed E-state index contributed by atoms with van der Waals surface area (Å²) in [6.45, 7) is 2.69. The molecular formula is C25H29FN6O6. The van der Waals surface area contributed by atoms with Crippen molar-refractivity contribution in [3.05, 3.63) is 64.7 Å². The van der Waals surface area contributed by atoms with Crippen molar-refractivity contribution in [1.29, 1.82) is 0 Å². The highest BCUT2D eigenvalue weighted by atomic mass is 19.1. The van der Waals surface area contributed by atoms with E-state index < -0.39 is 34.8 Å². The largest absolute Gasteiger partial charge is 0.488 e. The van der Waals surface area contributed by atoms with Crippen LogP contribution in [0.4, 0.5) is 4.39 Å². The Morgan fingerprint density at radius 2 is 2.08 bits per heavy atom. The van der Waals surface area contributed by atoms with Crippen molar-refractivity contribution < 1.29 is 33.7 Å². The van der Waals surface area contributed by atoms with Crippen molar-refractivity contribution >= 4 is 11.9 Å². The summed E-state index contributed by atoms with van der Waals surface area (Å²) in [5, 5.41) is 29.6. The number of carbonyl (C=O) groups is 2. The number of halogens is 1. The van der Waals surface area contributed by atoms with Gasteiger partial charge in [0.2, 0.25) is 5.91 Å². The van der Waals surface area contributed by atoms with E-state index in [9.17, 15) is 19.1 Å². The Labute approximate surface area is 217 Å². The number of carbonyl (C=O) groups excluding carboxylic acids is 1. The molecule has 0 spiro atoms. The molecule has 2 atom stereocenters. The number of carboxylic acids is 1. The fourth-order valence-corrected chi connectivity index (χ4v) is 4.38. The molecular weight excluding hydrogens is 499 g/mol. The fraction of sp³-hybridized carbons (Fsp3) is 0.360. The third-order valence-corrected chi connectivity index (χ3v) is 6.31. The van der Waals surface area contributed by atoms with E-state index in [4.69, 9.17) is 26.0 Å². The summed E-state index contributed by atoms with van der Waals surface area (Å²) in [5.41, 5.74) is 12.2. The Kier molecular flexibility index (Phi) is 7.90. The minimum Gasteiger partial charge on any atom is -0.488 e. The first-order chi connectivity index (χ1) is 18.1. The van der Waals surface area contributed by atoms with Crippen LogP contribution in [0, 0.1) is 5.82 Å². The number of nitrogens with zero attached hydrogens (tertiary/aromatic N) is 3. The fourth-order valence-electron chi connectivity index (χ4n) is 4.38. The standard InChI is InChI=1S/C25H29FN6O6/c1-25(11-23(28)34)17-10-22(38-15-2-3-16(24(35)36)18(26)9-15)21(8-14(17)4-5-29-25)37-7-6-32-12-20(30-31-32)19(27)13-33/h2-3,8-10,12,19,29,33H,4-7,11,13,27H2,1H3,(H2,28,34)(H,35,36)/t19?,25-/m1/s1. The van der Waals surface area contributed by atoms with Crippen molar-refractivity contribution in [2.24, 2.45) is 11.5 Å². The number of aliphatic hydroxyl groups excluding tert-OH is 1. The number of aliphatic hydroxyl groups is 1. The molecule has 2 heterocycles. The summed E-state index contributed by atoms with van der Waals surface area (Å²) < 4.78 is 27.8. The predicted octanol–water partition coefficient (Wildman–Crippen LogP) is 1.22. The zero-order chi connectivity index (χ0) is 27.4. The van der Waals surface area contributed by atoms with E-state index in [0.29, 0.717) is 31.0 Å². The molecule has 1 aromatic heterocycles. The van der Waals surface area contributed by atoms with E-state index in [2.05, 4.69) is 15.6 Å². The second kappa shape index (κ2) is 11.1. The first-order valence-electron chi connectivity index (χ1n) is 11.9. The van der Waals surface area contributed by atoms with E-state index in [0.717, 1.165) is 23.3 Å². The maximum Gasteiger partial charge on any atom is 0.338 e. The van der Waals surface area contributed by atoms with Gasteiger partial charge in [-0.05, 0) is 48.7 Å². The molecule has 13 heteroatoms. The molecule has 3 aromatic rings. The molecule has 0 fully saturated rings. The zero-order valence-corrected chi connectivity index (χ0v) is 20.7. The van der Waals surface area contributed by atoms with E-state index >= 15 is 0 Å². The van der Waals surface area contributed by atoms with Crippen LogP contribution >= 0.6 is 0 Å². The summed E-state index contributed by atoms with van der Waals surface area (Å²) in [6.07, 6.45) is 2.32. The van der Waals surface area contributed by atoms with Crippen LogP contribution in [0.1, 0.15) is 46.6 Å². The van der Waals surface area contributed by atoms with Crippen LogP contribution < -0.4 is 26.3 Å². The molecule has 0 bridgehead atoms. The molecule has 1 amide bonds. The molecule has 0 saturated heterocycles. The van der Waals surface area contributed by atoms with Gasteiger partial charge in [0.15, 0.2) is 11.5 Å². The molecule has 38 heavy (non-hydrogen) atoms. The van der Waals surface area contributed by atoms with E-state index in [1.54, 1.807) is 18.3 Å². The molecule has 12 nitrogen and oxygen atoms in total. The monoisotopic (exact) mass is 528 g/mol. The number of amides is 1. The van der Waals surface area contributed by atoms with Crippen LogP contribution in [-0.4, -0.2) is 56.8 Å². The number of nitrogens with one attached hydrogen (secondary N) is 1. The van der Waals surface area contributed by atoms with Gasteiger partial charge in [-0.25, -0.2) is 13.9 Å². The number of benzene rings is 2. The number of carboxylic acid groups (broad SMARTS) is 1. The number of hydrogen-bond donors (Lipinski definition) is 5. The van der Waals surface area contributed by atoms with E-state index in [1.807, 2.05) is 6.92 Å². The topological polar surface area (TPSA) is 188 Å². The normalized spacial score (nSPS) is 17.5. The number of hydrogen-bond acceptors (Lipinski definition) is 9. The predicted molar refractivity (Wildman–Crippen MR) is 132 cm³/mol. The molecule has 4 rings (SSSR count). The van der Waals surface area contributed by atoms with Crippen molar-refractivity contribution in [2.45, 2.75) is 37.9 Å². The summed E-state index contributed by atoms with van der Waals surface area (Å²) in [4.78, 5) is 23.0. The van der Waals surface area contributed by atoms with E-state index in [-0.39, 0.29) is 31.1 Å². The number of aromatic nitrogens is 3. The molecule has 1 aliphatic heterocycles. The number of primary amides is 1. The second-order valence-corrected chi connectivity index (χ2v) is 9.20. The molecule has 2 aromatic carbocycles. The van der Waals surface area contributed by atoms with Crippen LogP contribution in [0.3, 0.4) is 0 Å². The van der Waals surface area contributed by atoms with Crippen LogP contribution in [0.5, 0.6) is 17.2 Å². The number of aromatic carboxylic acids is 1. The third kappa shape index (κ3) is 5.90. The molecule has 0 saturated carbocycles. The van der Waals surface area contributed by atoms with Gasteiger partial charge < -0.3 is 36.5 Å². The van der Waals surface area contributed by atoms with Gasteiger partial charge in [0.1, 0.15) is 23.9 Å². The zero-order valence-electron chi connectivity index (χ0n) is 20.7. The molecule has 0 aliphatic carbocycles. The Bertz CT molecular complexity index is 1350. The first-order valence-corrected chi connectivity index (χ1v) is 11.9. The SMILES string of the molecule is C[C@]1(CC(N)=O)NCCc2cc(OCCn3cc(C(N)CO)nn3)c(Oc3ccc(C(=O)O)c(F)c3)cc21. The van der Waals surface area contributed by atoms with Gasteiger partial charge in [0.05, 0.1) is 31.0 Å². The van der Waals surface area contributed by atoms with Crippen molar-refractivity contribution in [2.75, 3.05) is 19.8 Å². The maximum absolute atomic E-state index is 14.3. The van der Waals surface area contributed by atoms with Gasteiger partial charge in [0, 0.05) is 24.6 Å². The molecule has 0 radical (unpaired) electrons. The quantitative estimate of drug-likeness (QED) is 0.242. The Balaban J connectivity index is 1.63. The van der Waals surface area contributed by atoms with Gasteiger partial charge in [-0.1, -0.05) is 5.21 Å². The Morgan fingerprint density at radius 3 is 2.76 bits per heavy atom. The van der Waals surface area contributed by atoms with Crippen molar-refractivity contribution in [3.63, 3.8) is 0 Å². The lowest BCUT2D eigenvalue weighted by atomic mass is 9.81. The minimum atomic E-state index is -1.39. The Hall–Kier alpha value is -4.07. The number of nitrogens with two attached hydrogens (primary N) is 2. The third-order valence-electron chi connectivity index (χ3n) is 6.31. The van der Waals surface area contributed by atoms with Crippen LogP contribution in [0.25, 0.3) is 0 Å². The van der Waals surface area contributed by atoms with Gasteiger partial charge in [-0.3, -0.25) is 4.79 Å². The molecule has 1 unspecified atom stereocenters. The van der Waals surface area contributed by atoms with Crippen LogP contribution in [0.15, 0.2) is 36.5 Å². The maximum atomic E-state index is 14.3. The van der Waals surface area contributed by atoms with Crippen LogP contribution in [-0.2, 0) is 23.3 Å². The van der Waals surface area contributed by atoms with Crippen LogP contribution in [0.2, 0.25) is 0 Å². The number of ether oxygens (including phenoxy) is 2. The smallest absolute Gasteiger partial charge is 0.338 e. The van der Waals surface area contributed by atoms with Crippen molar-refractivity contribution in [3.8, 4) is 17.2 Å². The average Bonchev–Trinajstić information content (AvgIpc) is 3.32. The lowest BCUT2D eigenvalue weighted by Gasteiger charge is -2.37. The second-order valence-electron chi connectivity index (χ2n) is 9.20. The Morgan fingerprint density at radius 1 is 1.29 bits per heavy atom. The van der Waals surface area contributed by atoms with Crippen molar-refractivity contribution in [1.82, 2.24) is 20.3 Å². The van der Waals surface area contributed by atoms with Gasteiger partial charge >= 0.3 is 5.97 Å². The highest BCUT2D eigenvalue weighted by molar-refractivity contribution is 5.88. The summed E-state index contributed by atoms with van der Waals surface area (Å²) >= 11 is 0. The summed E-state index contributed by atoms with van der Waals surface area (Å²) in [5.74, 6) is -2.14.